The number of ether oxygens (including phenoxy) is 2. The molecule has 1 saturated heterocycles. The molecule has 1 aromatic rings. The van der Waals surface area contributed by atoms with E-state index >= 15 is 0 Å². The van der Waals surface area contributed by atoms with Gasteiger partial charge in [-0.2, -0.15) is 0 Å². The van der Waals surface area contributed by atoms with Crippen LogP contribution in [0.3, 0.4) is 0 Å². The van der Waals surface area contributed by atoms with Gasteiger partial charge >= 0.3 is 6.09 Å². The molecular weight excluding hydrogens is 514 g/mol. The summed E-state index contributed by atoms with van der Waals surface area (Å²) in [5, 5.41) is 2.37. The number of hydrogen-bond donors (Lipinski definition) is 2. The van der Waals surface area contributed by atoms with E-state index in [1.807, 2.05) is 4.90 Å². The molecule has 39 heavy (non-hydrogen) atoms. The van der Waals surface area contributed by atoms with Gasteiger partial charge in [-0.05, 0) is 71.6 Å². The third-order valence-corrected chi connectivity index (χ3v) is 6.53. The van der Waals surface area contributed by atoms with Crippen LogP contribution in [0.2, 0.25) is 0 Å². The van der Waals surface area contributed by atoms with Crippen molar-refractivity contribution in [2.75, 3.05) is 33.4 Å². The maximum Gasteiger partial charge on any atom is 0.408 e. The average molecular weight is 555 g/mol. The number of benzene rings is 1. The Morgan fingerprint density at radius 3 is 2.62 bits per heavy atom. The molecule has 3 unspecified atom stereocenters. The minimum Gasteiger partial charge on any atom is -0.493 e. The topological polar surface area (TPSA) is 131 Å². The van der Waals surface area contributed by atoms with Crippen molar-refractivity contribution in [3.05, 3.63) is 29.6 Å². The molecule has 2 heterocycles. The van der Waals surface area contributed by atoms with Crippen molar-refractivity contribution in [1.29, 1.82) is 0 Å². The van der Waals surface area contributed by atoms with Crippen molar-refractivity contribution in [3.63, 3.8) is 0 Å². The fraction of sp³-hybridized carbons (Fsp3) is 0.630. The lowest BCUT2D eigenvalue weighted by atomic mass is 10.1. The maximum atomic E-state index is 13.0. The fourth-order valence-corrected chi connectivity index (χ4v) is 4.54. The lowest BCUT2D eigenvalue weighted by molar-refractivity contribution is -0.133. The molecule has 3 atom stereocenters. The lowest BCUT2D eigenvalue weighted by Gasteiger charge is -2.29. The summed E-state index contributed by atoms with van der Waals surface area (Å²) >= 11 is 0. The second-order valence-electron chi connectivity index (χ2n) is 10.7. The molecule has 0 bridgehead atoms. The van der Waals surface area contributed by atoms with Crippen LogP contribution in [0.1, 0.15) is 52.0 Å². The minimum atomic E-state index is -1.21. The van der Waals surface area contributed by atoms with Crippen LogP contribution in [0.25, 0.3) is 0 Å². The first-order chi connectivity index (χ1) is 18.3. The van der Waals surface area contributed by atoms with Gasteiger partial charge in [0.15, 0.2) is 6.67 Å². The average Bonchev–Trinajstić information content (AvgIpc) is 3.24. The van der Waals surface area contributed by atoms with Crippen molar-refractivity contribution in [1.82, 2.24) is 15.1 Å². The van der Waals surface area contributed by atoms with Crippen LogP contribution < -0.4 is 15.8 Å². The summed E-state index contributed by atoms with van der Waals surface area (Å²) in [5.41, 5.74) is 5.75. The van der Waals surface area contributed by atoms with Crippen LogP contribution in [0, 0.1) is 5.82 Å². The molecule has 2 aliphatic rings. The molecule has 12 heteroatoms. The van der Waals surface area contributed by atoms with Crippen LogP contribution in [-0.4, -0.2) is 91.1 Å². The monoisotopic (exact) mass is 554 g/mol. The number of likely N-dealkylation sites (tertiary alicyclic amines) is 1. The first kappa shape index (κ1) is 31.9. The number of rotatable bonds is 9. The molecule has 2 aliphatic heterocycles. The second kappa shape index (κ2) is 14.8. The number of primary amides is 1. The van der Waals surface area contributed by atoms with Gasteiger partial charge in [0, 0.05) is 25.2 Å². The van der Waals surface area contributed by atoms with Gasteiger partial charge in [0.05, 0.1) is 12.6 Å². The molecular formula is C27H40F2N4O6. The van der Waals surface area contributed by atoms with Crippen LogP contribution in [-0.2, 0) is 25.5 Å². The summed E-state index contributed by atoms with van der Waals surface area (Å²) in [7, 11) is 1.78. The zero-order chi connectivity index (χ0) is 29.2. The van der Waals surface area contributed by atoms with Crippen LogP contribution >= 0.6 is 0 Å². The highest BCUT2D eigenvalue weighted by Crippen LogP contribution is 2.25. The molecule has 0 spiro atoms. The highest BCUT2D eigenvalue weighted by molar-refractivity contribution is 5.80. The summed E-state index contributed by atoms with van der Waals surface area (Å²) in [6.45, 7) is 4.57. The van der Waals surface area contributed by atoms with E-state index < -0.39 is 36.2 Å². The number of alkyl halides is 1. The molecule has 0 radical (unpaired) electrons. The summed E-state index contributed by atoms with van der Waals surface area (Å²) in [5.74, 6) is -0.670. The SMILES string of the molecule is CN1C(CCN(CC(C=O)NC(=O)OC(C)(C)C)C(=O)CF)CCC1C(N)=O.Fc1ccc2c(c1)OCCC2. The lowest BCUT2D eigenvalue weighted by Crippen LogP contribution is -2.49. The van der Waals surface area contributed by atoms with Crippen LogP contribution in [0.15, 0.2) is 18.2 Å². The molecule has 1 aromatic carbocycles. The molecule has 3 N–H and O–H groups in total. The number of fused-ring (bicyclic) bond motifs is 1. The number of carbonyl (C=O) groups excluding carboxylic acids is 4. The molecule has 3 rings (SSSR count). The summed E-state index contributed by atoms with van der Waals surface area (Å²) < 4.78 is 35.9. The number of nitrogens with one attached hydrogen (secondary N) is 1. The Morgan fingerprint density at radius 2 is 2.03 bits per heavy atom. The van der Waals surface area contributed by atoms with Gasteiger partial charge in [-0.25, -0.2) is 13.6 Å². The van der Waals surface area contributed by atoms with E-state index in [1.165, 1.54) is 17.0 Å². The minimum absolute atomic E-state index is 0.0147. The van der Waals surface area contributed by atoms with Gasteiger partial charge in [0.2, 0.25) is 5.91 Å². The molecule has 0 aromatic heterocycles. The van der Waals surface area contributed by atoms with Crippen molar-refractivity contribution in [2.24, 2.45) is 5.73 Å². The largest absolute Gasteiger partial charge is 0.493 e. The molecule has 0 aliphatic carbocycles. The standard InChI is InChI=1S/C18H31FN4O5.C9H9FO/c1-18(2,3)28-17(27)21-12(11-24)10-23(15(25)9-19)8-7-13-5-6-14(16(20)26)22(13)4;10-8-4-3-7-2-1-5-11-9(7)6-8/h11-14H,5-10H2,1-4H3,(H2,20,26)(H,21,27);3-4,6H,1-2,5H2. The van der Waals surface area contributed by atoms with Crippen LogP contribution in [0.4, 0.5) is 13.6 Å². The number of nitrogens with zero attached hydrogens (tertiary/aromatic N) is 2. The third-order valence-electron chi connectivity index (χ3n) is 6.53. The zero-order valence-electron chi connectivity index (χ0n) is 23.1. The molecule has 3 amide bonds. The third kappa shape index (κ3) is 10.4. The molecule has 10 nitrogen and oxygen atoms in total. The van der Waals surface area contributed by atoms with E-state index in [4.69, 9.17) is 15.2 Å². The number of aryl methyl sites for hydroxylation is 1. The summed E-state index contributed by atoms with van der Waals surface area (Å²) in [6, 6.07) is 3.36. The van der Waals surface area contributed by atoms with Crippen molar-refractivity contribution in [3.8, 4) is 5.75 Å². The normalized spacial score (nSPS) is 19.4. The van der Waals surface area contributed by atoms with Gasteiger partial charge in [0.25, 0.3) is 5.91 Å². The van der Waals surface area contributed by atoms with Crippen molar-refractivity contribution < 1.29 is 37.4 Å². The van der Waals surface area contributed by atoms with Gasteiger partial charge in [0.1, 0.15) is 29.5 Å². The van der Waals surface area contributed by atoms with E-state index in [0.29, 0.717) is 19.1 Å². The number of nitrogens with two attached hydrogens (primary N) is 1. The predicted molar refractivity (Wildman–Crippen MR) is 140 cm³/mol. The highest BCUT2D eigenvalue weighted by Gasteiger charge is 2.34. The van der Waals surface area contributed by atoms with E-state index in [0.717, 1.165) is 37.2 Å². The number of carbonyl (C=O) groups is 4. The zero-order valence-corrected chi connectivity index (χ0v) is 23.1. The van der Waals surface area contributed by atoms with Crippen molar-refractivity contribution >= 4 is 24.2 Å². The van der Waals surface area contributed by atoms with Gasteiger partial charge in [-0.3, -0.25) is 14.5 Å². The molecule has 1 fully saturated rings. The van der Waals surface area contributed by atoms with Crippen LogP contribution in [0.5, 0.6) is 5.75 Å². The Kier molecular flexibility index (Phi) is 12.1. The van der Waals surface area contributed by atoms with E-state index in [-0.39, 0.29) is 31.0 Å². The Labute approximate surface area is 228 Å². The fourth-order valence-electron chi connectivity index (χ4n) is 4.54. The van der Waals surface area contributed by atoms with Gasteiger partial charge in [-0.15, -0.1) is 0 Å². The number of hydrogen-bond acceptors (Lipinski definition) is 7. The van der Waals surface area contributed by atoms with Crippen molar-refractivity contribution in [2.45, 2.75) is 76.6 Å². The summed E-state index contributed by atoms with van der Waals surface area (Å²) in [6.07, 6.45) is 3.59. The predicted octanol–water partition coefficient (Wildman–Crippen LogP) is 2.37. The quantitative estimate of drug-likeness (QED) is 0.448. The first-order valence-corrected chi connectivity index (χ1v) is 13.1. The number of likely N-dealkylation sites (N-methyl/N-ethyl adjacent to an activating group) is 1. The van der Waals surface area contributed by atoms with E-state index in [9.17, 15) is 28.0 Å². The first-order valence-electron chi connectivity index (χ1n) is 13.1. The smallest absolute Gasteiger partial charge is 0.408 e. The number of amides is 3. The summed E-state index contributed by atoms with van der Waals surface area (Å²) in [4.78, 5) is 49.6. The maximum absolute atomic E-state index is 13.0. The highest BCUT2D eigenvalue weighted by atomic mass is 19.1. The van der Waals surface area contributed by atoms with Gasteiger partial charge in [-0.1, -0.05) is 6.07 Å². The molecule has 0 saturated carbocycles. The molecule has 218 valence electrons. The second-order valence-corrected chi connectivity index (χ2v) is 10.7. The van der Waals surface area contributed by atoms with E-state index in [2.05, 4.69) is 5.32 Å². The van der Waals surface area contributed by atoms with E-state index in [1.54, 1.807) is 33.9 Å². The Morgan fingerprint density at radius 1 is 1.31 bits per heavy atom. The number of halogens is 2. The Balaban J connectivity index is 0.000000397. The number of aldehydes is 1. The Hall–Kier alpha value is -3.28. The van der Waals surface area contributed by atoms with Gasteiger partial charge < -0.3 is 30.2 Å². The Bertz CT molecular complexity index is 1000. The number of alkyl carbamates (subject to hydrolysis) is 1.